The Morgan fingerprint density at radius 2 is 1.70 bits per heavy atom. The van der Waals surface area contributed by atoms with Crippen LogP contribution in [0.15, 0.2) is 36.4 Å². The minimum Gasteiger partial charge on any atom is -0.397 e. The highest BCUT2D eigenvalue weighted by Crippen LogP contribution is 2.36. The Bertz CT molecular complexity index is 642. The Labute approximate surface area is 123 Å². The summed E-state index contributed by atoms with van der Waals surface area (Å²) < 4.78 is 37.6. The fourth-order valence-electron chi connectivity index (χ4n) is 1.60. The highest BCUT2D eigenvalue weighted by molar-refractivity contribution is 6.43. The van der Waals surface area contributed by atoms with Crippen molar-refractivity contribution in [3.63, 3.8) is 0 Å². The topological polar surface area (TPSA) is 38.0 Å². The van der Waals surface area contributed by atoms with E-state index in [1.807, 2.05) is 0 Å². The van der Waals surface area contributed by atoms with Gasteiger partial charge >= 0.3 is 6.18 Å². The number of anilines is 3. The molecule has 0 aliphatic carbocycles. The molecule has 3 N–H and O–H groups in total. The van der Waals surface area contributed by atoms with Crippen LogP contribution in [0.5, 0.6) is 0 Å². The molecule has 2 rings (SSSR count). The lowest BCUT2D eigenvalue weighted by Crippen LogP contribution is -2.06. The maximum atomic E-state index is 12.5. The summed E-state index contributed by atoms with van der Waals surface area (Å²) in [7, 11) is 0. The first-order valence-corrected chi connectivity index (χ1v) is 6.22. The molecule has 0 aliphatic heterocycles. The molecular formula is C13H9Cl2F3N2. The third-order valence-electron chi connectivity index (χ3n) is 2.60. The Morgan fingerprint density at radius 1 is 1.00 bits per heavy atom. The Balaban J connectivity index is 2.33. The van der Waals surface area contributed by atoms with Crippen molar-refractivity contribution in [2.75, 3.05) is 11.1 Å². The lowest BCUT2D eigenvalue weighted by molar-refractivity contribution is -0.137. The van der Waals surface area contributed by atoms with Gasteiger partial charge in [0.05, 0.1) is 32.7 Å². The second-order valence-corrected chi connectivity index (χ2v) is 4.81. The van der Waals surface area contributed by atoms with Crippen LogP contribution in [0.4, 0.5) is 30.2 Å². The van der Waals surface area contributed by atoms with E-state index in [1.165, 1.54) is 6.07 Å². The summed E-state index contributed by atoms with van der Waals surface area (Å²) in [6.45, 7) is 0. The van der Waals surface area contributed by atoms with E-state index in [1.54, 1.807) is 18.2 Å². The van der Waals surface area contributed by atoms with Crippen molar-refractivity contribution < 1.29 is 13.2 Å². The van der Waals surface area contributed by atoms with Crippen LogP contribution >= 0.6 is 23.2 Å². The predicted octanol–water partition coefficient (Wildman–Crippen LogP) is 5.34. The van der Waals surface area contributed by atoms with E-state index in [4.69, 9.17) is 28.9 Å². The quantitative estimate of drug-likeness (QED) is 0.733. The van der Waals surface area contributed by atoms with Gasteiger partial charge in [0.25, 0.3) is 0 Å². The van der Waals surface area contributed by atoms with Crippen molar-refractivity contribution in [2.24, 2.45) is 0 Å². The molecule has 2 nitrogen and oxygen atoms in total. The molecule has 20 heavy (non-hydrogen) atoms. The molecule has 0 bridgehead atoms. The summed E-state index contributed by atoms with van der Waals surface area (Å²) in [5, 5.41) is 3.46. The van der Waals surface area contributed by atoms with Gasteiger partial charge in [0, 0.05) is 0 Å². The third-order valence-corrected chi connectivity index (χ3v) is 3.42. The largest absolute Gasteiger partial charge is 0.416 e. The molecule has 0 radical (unpaired) electrons. The van der Waals surface area contributed by atoms with Crippen molar-refractivity contribution in [2.45, 2.75) is 6.18 Å². The van der Waals surface area contributed by atoms with Crippen LogP contribution in [0.3, 0.4) is 0 Å². The highest BCUT2D eigenvalue weighted by atomic mass is 35.5. The molecule has 0 aliphatic rings. The van der Waals surface area contributed by atoms with Gasteiger partial charge in [-0.15, -0.1) is 0 Å². The molecule has 0 saturated carbocycles. The van der Waals surface area contributed by atoms with Crippen molar-refractivity contribution in [1.82, 2.24) is 0 Å². The lowest BCUT2D eigenvalue weighted by atomic mass is 10.1. The summed E-state index contributed by atoms with van der Waals surface area (Å²) in [5.74, 6) is 0. The zero-order valence-electron chi connectivity index (χ0n) is 9.93. The molecule has 0 spiro atoms. The van der Waals surface area contributed by atoms with Crippen molar-refractivity contribution in [3.05, 3.63) is 52.0 Å². The Morgan fingerprint density at radius 3 is 2.30 bits per heavy atom. The monoisotopic (exact) mass is 320 g/mol. The second kappa shape index (κ2) is 5.42. The number of nitrogen functional groups attached to an aromatic ring is 1. The van der Waals surface area contributed by atoms with E-state index in [9.17, 15) is 13.2 Å². The molecule has 2 aromatic carbocycles. The van der Waals surface area contributed by atoms with Gasteiger partial charge < -0.3 is 11.1 Å². The van der Waals surface area contributed by atoms with Crippen LogP contribution < -0.4 is 11.1 Å². The summed E-state index contributed by atoms with van der Waals surface area (Å²) in [4.78, 5) is 0. The number of hydrogen-bond acceptors (Lipinski definition) is 2. The smallest absolute Gasteiger partial charge is 0.397 e. The fourth-order valence-corrected chi connectivity index (χ4v) is 1.95. The van der Waals surface area contributed by atoms with E-state index in [0.717, 1.165) is 12.1 Å². The van der Waals surface area contributed by atoms with Crippen LogP contribution in [-0.2, 0) is 6.18 Å². The molecule has 0 fully saturated rings. The van der Waals surface area contributed by atoms with Gasteiger partial charge in [0.15, 0.2) is 0 Å². The first-order chi connectivity index (χ1) is 9.29. The average molecular weight is 321 g/mol. The number of rotatable bonds is 2. The molecule has 0 heterocycles. The lowest BCUT2D eigenvalue weighted by Gasteiger charge is -2.13. The fraction of sp³-hybridized carbons (Fsp3) is 0.0769. The Hall–Kier alpha value is -1.59. The van der Waals surface area contributed by atoms with E-state index in [-0.39, 0.29) is 10.7 Å². The van der Waals surface area contributed by atoms with E-state index < -0.39 is 11.7 Å². The van der Waals surface area contributed by atoms with Gasteiger partial charge in [0.2, 0.25) is 0 Å². The first-order valence-electron chi connectivity index (χ1n) is 5.47. The van der Waals surface area contributed by atoms with Crippen LogP contribution in [0.1, 0.15) is 5.56 Å². The third kappa shape index (κ3) is 3.11. The zero-order valence-corrected chi connectivity index (χ0v) is 11.4. The van der Waals surface area contributed by atoms with E-state index in [2.05, 4.69) is 5.32 Å². The number of nitrogens with two attached hydrogens (primary N) is 1. The number of nitrogens with one attached hydrogen (secondary N) is 1. The summed E-state index contributed by atoms with van der Waals surface area (Å²) in [6, 6.07) is 7.96. The van der Waals surface area contributed by atoms with Gasteiger partial charge in [-0.25, -0.2) is 0 Å². The van der Waals surface area contributed by atoms with Gasteiger partial charge in [0.1, 0.15) is 0 Å². The van der Waals surface area contributed by atoms with Gasteiger partial charge in [-0.05, 0) is 30.3 Å². The summed E-state index contributed by atoms with van der Waals surface area (Å²) >= 11 is 11.8. The van der Waals surface area contributed by atoms with Gasteiger partial charge in [-0.2, -0.15) is 13.2 Å². The molecule has 106 valence electrons. The minimum atomic E-state index is -4.43. The molecule has 0 unspecified atom stereocenters. The predicted molar refractivity (Wildman–Crippen MR) is 75.6 cm³/mol. The molecular weight excluding hydrogens is 312 g/mol. The number of hydrogen-bond donors (Lipinski definition) is 2. The second-order valence-electron chi connectivity index (χ2n) is 4.03. The van der Waals surface area contributed by atoms with Crippen LogP contribution in [0.25, 0.3) is 0 Å². The zero-order chi connectivity index (χ0) is 14.9. The molecule has 0 amide bonds. The van der Waals surface area contributed by atoms with Crippen molar-refractivity contribution in [1.29, 1.82) is 0 Å². The van der Waals surface area contributed by atoms with Crippen molar-refractivity contribution in [3.8, 4) is 0 Å². The van der Waals surface area contributed by atoms with E-state index in [0.29, 0.717) is 16.4 Å². The molecule has 0 saturated heterocycles. The molecule has 7 heteroatoms. The van der Waals surface area contributed by atoms with Gasteiger partial charge in [-0.1, -0.05) is 29.3 Å². The SMILES string of the molecule is Nc1cc(C(F)(F)F)ccc1Nc1cccc(Cl)c1Cl. The number of benzene rings is 2. The standard InChI is InChI=1S/C13H9Cl2F3N2/c14-8-2-1-3-11(12(8)15)20-10-5-4-7(6-9(10)19)13(16,17)18/h1-6,20H,19H2. The highest BCUT2D eigenvalue weighted by Gasteiger charge is 2.30. The number of halogens is 5. The molecule has 2 aromatic rings. The normalized spacial score (nSPS) is 11.4. The minimum absolute atomic E-state index is 0.0316. The average Bonchev–Trinajstić information content (AvgIpc) is 2.36. The summed E-state index contributed by atoms with van der Waals surface area (Å²) in [5.41, 5.74) is 5.56. The van der Waals surface area contributed by atoms with E-state index >= 15 is 0 Å². The Kier molecular flexibility index (Phi) is 4.01. The van der Waals surface area contributed by atoms with Crippen LogP contribution in [0.2, 0.25) is 10.0 Å². The summed E-state index contributed by atoms with van der Waals surface area (Å²) in [6.07, 6.45) is -4.43. The van der Waals surface area contributed by atoms with Gasteiger partial charge in [-0.3, -0.25) is 0 Å². The van der Waals surface area contributed by atoms with Crippen molar-refractivity contribution >= 4 is 40.3 Å². The van der Waals surface area contributed by atoms with Crippen LogP contribution in [-0.4, -0.2) is 0 Å². The first kappa shape index (κ1) is 14.8. The maximum absolute atomic E-state index is 12.5. The molecule has 0 aromatic heterocycles. The number of alkyl halides is 3. The van der Waals surface area contributed by atoms with Crippen LogP contribution in [0, 0.1) is 0 Å². The maximum Gasteiger partial charge on any atom is 0.416 e. The molecule has 0 atom stereocenters.